The number of nitrogens with two attached hydrogens (primary N) is 1. The molecule has 12 heavy (non-hydrogen) atoms. The summed E-state index contributed by atoms with van der Waals surface area (Å²) in [6, 6.07) is 0. The highest BCUT2D eigenvalue weighted by Crippen LogP contribution is 2.06. The van der Waals surface area contributed by atoms with E-state index < -0.39 is 0 Å². The molecule has 0 rings (SSSR count). The van der Waals surface area contributed by atoms with Crippen molar-refractivity contribution in [2.45, 2.75) is 19.8 Å². The molecular weight excluding hydrogens is 148 g/mol. The van der Waals surface area contributed by atoms with Gasteiger partial charge in [-0.05, 0) is 32.5 Å². The number of hydrogen-bond acceptors (Lipinski definition) is 2. The summed E-state index contributed by atoms with van der Waals surface area (Å²) >= 11 is 0. The highest BCUT2D eigenvalue weighted by molar-refractivity contribution is 4.71. The van der Waals surface area contributed by atoms with Crippen molar-refractivity contribution in [1.29, 1.82) is 0 Å². The van der Waals surface area contributed by atoms with Crippen molar-refractivity contribution >= 4 is 0 Å². The highest BCUT2D eigenvalue weighted by atomic mass is 15.1. The zero-order chi connectivity index (χ0) is 9.40. The van der Waals surface area contributed by atoms with Crippen molar-refractivity contribution in [2.75, 3.05) is 26.7 Å². The molecule has 2 nitrogen and oxygen atoms in total. The molecule has 2 heteroatoms. The van der Waals surface area contributed by atoms with E-state index in [0.29, 0.717) is 5.92 Å². The predicted octanol–water partition coefficient (Wildman–Crippen LogP) is 1.48. The molecule has 0 aromatic carbocycles. The second-order valence-electron chi connectivity index (χ2n) is 3.35. The van der Waals surface area contributed by atoms with Crippen LogP contribution in [0.4, 0.5) is 0 Å². The summed E-state index contributed by atoms with van der Waals surface area (Å²) in [5.74, 6) is 0.692. The van der Waals surface area contributed by atoms with Crippen molar-refractivity contribution in [2.24, 2.45) is 11.7 Å². The zero-order valence-electron chi connectivity index (χ0n) is 8.42. The topological polar surface area (TPSA) is 29.3 Å². The Morgan fingerprint density at radius 2 is 2.25 bits per heavy atom. The molecule has 2 N–H and O–H groups in total. The molecule has 0 aromatic rings. The molecule has 1 unspecified atom stereocenters. The first-order valence-corrected chi connectivity index (χ1v) is 4.74. The van der Waals surface area contributed by atoms with Gasteiger partial charge < -0.3 is 10.6 Å². The number of rotatable bonds is 7. The molecule has 0 aliphatic rings. The number of hydrogen-bond donors (Lipinski definition) is 1. The SMILES string of the molecule is C=CCN(C)CCC(CC)CN. The average molecular weight is 170 g/mol. The lowest BCUT2D eigenvalue weighted by Gasteiger charge is -2.18. The molecule has 0 saturated heterocycles. The molecule has 0 heterocycles. The Kier molecular flexibility index (Phi) is 7.11. The first-order chi connectivity index (χ1) is 5.74. The van der Waals surface area contributed by atoms with E-state index in [0.717, 1.165) is 19.6 Å². The van der Waals surface area contributed by atoms with E-state index in [9.17, 15) is 0 Å². The van der Waals surface area contributed by atoms with E-state index in [-0.39, 0.29) is 0 Å². The van der Waals surface area contributed by atoms with Crippen LogP contribution in [0.3, 0.4) is 0 Å². The van der Waals surface area contributed by atoms with Crippen molar-refractivity contribution in [3.63, 3.8) is 0 Å². The fraction of sp³-hybridized carbons (Fsp3) is 0.800. The Balaban J connectivity index is 3.43. The quantitative estimate of drug-likeness (QED) is 0.586. The van der Waals surface area contributed by atoms with Crippen LogP contribution in [0.5, 0.6) is 0 Å². The molecule has 0 saturated carbocycles. The number of nitrogens with zero attached hydrogens (tertiary/aromatic N) is 1. The summed E-state index contributed by atoms with van der Waals surface area (Å²) in [7, 11) is 2.12. The Labute approximate surface area is 76.4 Å². The Morgan fingerprint density at radius 3 is 2.67 bits per heavy atom. The van der Waals surface area contributed by atoms with Gasteiger partial charge in [0.2, 0.25) is 0 Å². The minimum absolute atomic E-state index is 0.692. The summed E-state index contributed by atoms with van der Waals surface area (Å²) in [5.41, 5.74) is 5.60. The fourth-order valence-corrected chi connectivity index (χ4v) is 1.20. The lowest BCUT2D eigenvalue weighted by molar-refractivity contribution is 0.323. The smallest absolute Gasteiger partial charge is 0.0157 e. The summed E-state index contributed by atoms with van der Waals surface area (Å²) in [4.78, 5) is 2.27. The van der Waals surface area contributed by atoms with Crippen molar-refractivity contribution in [3.05, 3.63) is 12.7 Å². The van der Waals surface area contributed by atoms with Crippen LogP contribution < -0.4 is 5.73 Å². The van der Waals surface area contributed by atoms with Crippen LogP contribution in [0.25, 0.3) is 0 Å². The van der Waals surface area contributed by atoms with E-state index in [2.05, 4.69) is 25.5 Å². The minimum Gasteiger partial charge on any atom is -0.330 e. The molecule has 0 aromatic heterocycles. The van der Waals surface area contributed by atoms with Gasteiger partial charge >= 0.3 is 0 Å². The molecule has 1 atom stereocenters. The second kappa shape index (κ2) is 7.32. The molecule has 0 radical (unpaired) electrons. The standard InChI is InChI=1S/C10H22N2/c1-4-7-12(3)8-6-10(5-2)9-11/h4,10H,1,5-9,11H2,2-3H3. The first kappa shape index (κ1) is 11.7. The third kappa shape index (κ3) is 5.33. The van der Waals surface area contributed by atoms with E-state index in [1.165, 1.54) is 12.8 Å². The maximum Gasteiger partial charge on any atom is 0.0157 e. The lowest BCUT2D eigenvalue weighted by atomic mass is 10.0. The molecule has 0 spiro atoms. The van der Waals surface area contributed by atoms with Gasteiger partial charge in [-0.2, -0.15) is 0 Å². The first-order valence-electron chi connectivity index (χ1n) is 4.74. The zero-order valence-corrected chi connectivity index (χ0v) is 8.42. The number of likely N-dealkylation sites (N-methyl/N-ethyl adjacent to an activating group) is 1. The van der Waals surface area contributed by atoms with Gasteiger partial charge in [0.25, 0.3) is 0 Å². The Hall–Kier alpha value is -0.340. The fourth-order valence-electron chi connectivity index (χ4n) is 1.20. The second-order valence-corrected chi connectivity index (χ2v) is 3.35. The maximum absolute atomic E-state index is 5.60. The van der Waals surface area contributed by atoms with Crippen molar-refractivity contribution in [3.8, 4) is 0 Å². The minimum atomic E-state index is 0.692. The molecule has 0 bridgehead atoms. The molecule has 0 amide bonds. The summed E-state index contributed by atoms with van der Waals surface area (Å²) < 4.78 is 0. The van der Waals surface area contributed by atoms with Gasteiger partial charge in [0.1, 0.15) is 0 Å². The van der Waals surface area contributed by atoms with E-state index in [4.69, 9.17) is 5.73 Å². The third-order valence-corrected chi connectivity index (χ3v) is 2.27. The molecule has 0 fully saturated rings. The average Bonchev–Trinajstić information content (AvgIpc) is 2.07. The lowest BCUT2D eigenvalue weighted by Crippen LogP contribution is -2.24. The van der Waals surface area contributed by atoms with Crippen LogP contribution in [0.1, 0.15) is 19.8 Å². The van der Waals surface area contributed by atoms with Gasteiger partial charge in [-0.3, -0.25) is 0 Å². The maximum atomic E-state index is 5.60. The van der Waals surface area contributed by atoms with E-state index in [1.54, 1.807) is 0 Å². The summed E-state index contributed by atoms with van der Waals surface area (Å²) in [5, 5.41) is 0. The molecular formula is C10H22N2. The highest BCUT2D eigenvalue weighted by Gasteiger charge is 2.04. The van der Waals surface area contributed by atoms with Crippen LogP contribution in [-0.4, -0.2) is 31.6 Å². The molecule has 72 valence electrons. The Bertz CT molecular complexity index is 108. The van der Waals surface area contributed by atoms with Gasteiger partial charge in [-0.1, -0.05) is 19.4 Å². The van der Waals surface area contributed by atoms with Crippen LogP contribution in [0.15, 0.2) is 12.7 Å². The summed E-state index contributed by atoms with van der Waals surface area (Å²) in [6.07, 6.45) is 4.33. The van der Waals surface area contributed by atoms with Crippen LogP contribution >= 0.6 is 0 Å². The molecule has 0 aliphatic carbocycles. The third-order valence-electron chi connectivity index (χ3n) is 2.27. The molecule has 0 aliphatic heterocycles. The van der Waals surface area contributed by atoms with Crippen LogP contribution in [0, 0.1) is 5.92 Å². The van der Waals surface area contributed by atoms with E-state index >= 15 is 0 Å². The summed E-state index contributed by atoms with van der Waals surface area (Å²) in [6.45, 7) is 8.82. The monoisotopic (exact) mass is 170 g/mol. The normalized spacial score (nSPS) is 13.3. The van der Waals surface area contributed by atoms with E-state index in [1.807, 2.05) is 6.08 Å². The van der Waals surface area contributed by atoms with Gasteiger partial charge in [0, 0.05) is 6.54 Å². The Morgan fingerprint density at radius 1 is 1.58 bits per heavy atom. The van der Waals surface area contributed by atoms with Gasteiger partial charge in [0.15, 0.2) is 0 Å². The van der Waals surface area contributed by atoms with Gasteiger partial charge in [-0.25, -0.2) is 0 Å². The largest absolute Gasteiger partial charge is 0.330 e. The van der Waals surface area contributed by atoms with Gasteiger partial charge in [0.05, 0.1) is 0 Å². The van der Waals surface area contributed by atoms with Crippen molar-refractivity contribution in [1.82, 2.24) is 4.90 Å². The van der Waals surface area contributed by atoms with Crippen LogP contribution in [0.2, 0.25) is 0 Å². The predicted molar refractivity (Wildman–Crippen MR) is 55.1 cm³/mol. The van der Waals surface area contributed by atoms with Gasteiger partial charge in [-0.15, -0.1) is 6.58 Å². The van der Waals surface area contributed by atoms with Crippen LogP contribution in [-0.2, 0) is 0 Å². The van der Waals surface area contributed by atoms with Crippen molar-refractivity contribution < 1.29 is 0 Å².